The van der Waals surface area contributed by atoms with Crippen molar-refractivity contribution >= 4 is 0 Å². The van der Waals surface area contributed by atoms with Crippen LogP contribution in [0.4, 0.5) is 0 Å². The van der Waals surface area contributed by atoms with Gasteiger partial charge in [-0.05, 0) is 20.3 Å². The molecule has 278 valence electrons. The van der Waals surface area contributed by atoms with E-state index in [1.54, 1.807) is 0 Å². The van der Waals surface area contributed by atoms with Gasteiger partial charge < -0.3 is 42.6 Å². The van der Waals surface area contributed by atoms with Crippen molar-refractivity contribution in [1.82, 2.24) is 0 Å². The molecule has 0 saturated carbocycles. The highest BCUT2D eigenvalue weighted by Gasteiger charge is 1.98. The van der Waals surface area contributed by atoms with E-state index in [0.717, 1.165) is 13.0 Å². The van der Waals surface area contributed by atoms with Gasteiger partial charge in [-0.3, -0.25) is 0 Å². The summed E-state index contributed by atoms with van der Waals surface area (Å²) < 4.78 is 49.5. The Bertz CT molecular complexity index is 525. The van der Waals surface area contributed by atoms with Crippen LogP contribution in [0.5, 0.6) is 0 Å². The molecule has 0 aromatic rings. The van der Waals surface area contributed by atoms with E-state index in [2.05, 4.69) is 6.92 Å². The van der Waals surface area contributed by atoms with Crippen LogP contribution in [0.3, 0.4) is 0 Å². The van der Waals surface area contributed by atoms with Crippen LogP contribution < -0.4 is 0 Å². The number of hydrogen-bond acceptors (Lipinski definition) is 9. The first kappa shape index (κ1) is 45.6. The lowest BCUT2D eigenvalue weighted by Gasteiger charge is -2.09. The van der Waals surface area contributed by atoms with Gasteiger partial charge in [0, 0.05) is 6.61 Å². The van der Waals surface area contributed by atoms with Crippen LogP contribution in [-0.4, -0.2) is 118 Å². The van der Waals surface area contributed by atoms with Gasteiger partial charge in [0.1, 0.15) is 0 Å². The molecule has 0 radical (unpaired) electrons. The van der Waals surface area contributed by atoms with E-state index in [0.29, 0.717) is 106 Å². The van der Waals surface area contributed by atoms with Gasteiger partial charge in [0.15, 0.2) is 0 Å². The third-order valence-corrected chi connectivity index (χ3v) is 7.43. The summed E-state index contributed by atoms with van der Waals surface area (Å²) in [6.45, 7) is 16.3. The molecule has 0 spiro atoms. The summed E-state index contributed by atoms with van der Waals surface area (Å²) in [4.78, 5) is 0. The Balaban J connectivity index is 3.04. The molecule has 0 atom stereocenters. The summed E-state index contributed by atoms with van der Waals surface area (Å²) in [7, 11) is 0. The minimum atomic E-state index is 0.239. The van der Waals surface area contributed by atoms with E-state index in [1.807, 2.05) is 13.8 Å². The Morgan fingerprint density at radius 3 is 0.739 bits per heavy atom. The molecule has 0 rings (SSSR count). The second-order valence-electron chi connectivity index (χ2n) is 12.1. The topological polar surface area (TPSA) is 83.1 Å². The minimum Gasteiger partial charge on any atom is -0.379 e. The van der Waals surface area contributed by atoms with Crippen molar-refractivity contribution in [3.8, 4) is 0 Å². The van der Waals surface area contributed by atoms with Crippen LogP contribution in [0.1, 0.15) is 124 Å². The molecule has 0 aliphatic heterocycles. The number of hydrogen-bond donors (Lipinski definition) is 0. The molecule has 0 fully saturated rings. The molecule has 46 heavy (non-hydrogen) atoms. The van der Waals surface area contributed by atoms with Gasteiger partial charge in [-0.15, -0.1) is 0 Å². The van der Waals surface area contributed by atoms with E-state index >= 15 is 0 Å². The fourth-order valence-corrected chi connectivity index (χ4v) is 4.74. The molecule has 0 heterocycles. The number of rotatable bonds is 42. The van der Waals surface area contributed by atoms with E-state index < -0.39 is 0 Å². The Morgan fingerprint density at radius 1 is 0.261 bits per heavy atom. The van der Waals surface area contributed by atoms with E-state index in [4.69, 9.17) is 42.6 Å². The molecule has 0 unspecified atom stereocenters. The maximum Gasteiger partial charge on any atom is 0.0703 e. The van der Waals surface area contributed by atoms with Crippen molar-refractivity contribution in [2.45, 2.75) is 130 Å². The number of unbranched alkanes of at least 4 members (excludes halogenated alkanes) is 15. The van der Waals surface area contributed by atoms with Crippen molar-refractivity contribution in [1.29, 1.82) is 0 Å². The molecular weight excluding hydrogens is 588 g/mol. The van der Waals surface area contributed by atoms with Crippen LogP contribution in [0.15, 0.2) is 0 Å². The molecule has 0 saturated heterocycles. The first-order valence-electron chi connectivity index (χ1n) is 19.0. The lowest BCUT2D eigenvalue weighted by Crippen LogP contribution is -2.15. The van der Waals surface area contributed by atoms with Crippen molar-refractivity contribution in [2.75, 3.05) is 112 Å². The SMILES string of the molecule is CCCCCCCCCCCCCCCCCCOCCOCCOCCOCCOCCOCCOCCOCCOC(C)C. The zero-order valence-corrected chi connectivity index (χ0v) is 30.6. The summed E-state index contributed by atoms with van der Waals surface area (Å²) >= 11 is 0. The summed E-state index contributed by atoms with van der Waals surface area (Å²) in [6, 6.07) is 0. The molecule has 0 aromatic heterocycles. The lowest BCUT2D eigenvalue weighted by molar-refractivity contribution is -0.0269. The average Bonchev–Trinajstić information content (AvgIpc) is 3.05. The Morgan fingerprint density at radius 2 is 0.478 bits per heavy atom. The van der Waals surface area contributed by atoms with Crippen molar-refractivity contribution in [3.63, 3.8) is 0 Å². The van der Waals surface area contributed by atoms with Crippen LogP contribution >= 0.6 is 0 Å². The molecule has 9 heteroatoms. The standard InChI is InChI=1S/C37H76O9/c1-4-5-6-7-8-9-10-11-12-13-14-15-16-17-18-19-20-38-21-22-39-23-24-40-25-26-41-27-28-42-29-30-43-31-32-44-33-34-45-35-36-46-37(2)3/h37H,4-36H2,1-3H3. The smallest absolute Gasteiger partial charge is 0.0703 e. The maximum atomic E-state index is 5.69. The zero-order valence-electron chi connectivity index (χ0n) is 30.6. The van der Waals surface area contributed by atoms with Crippen LogP contribution in [0.2, 0.25) is 0 Å². The molecule has 0 aliphatic carbocycles. The second kappa shape index (κ2) is 42.7. The molecule has 0 amide bonds. The summed E-state index contributed by atoms with van der Waals surface area (Å²) in [5.41, 5.74) is 0. The second-order valence-corrected chi connectivity index (χ2v) is 12.1. The predicted molar refractivity (Wildman–Crippen MR) is 187 cm³/mol. The molecular formula is C37H76O9. The van der Waals surface area contributed by atoms with E-state index in [9.17, 15) is 0 Å². The summed E-state index contributed by atoms with van der Waals surface area (Å²) in [6.07, 6.45) is 22.5. The quantitative estimate of drug-likeness (QED) is 0.0607. The maximum absolute atomic E-state index is 5.69. The third kappa shape index (κ3) is 43.6. The van der Waals surface area contributed by atoms with Crippen LogP contribution in [-0.2, 0) is 42.6 Å². The van der Waals surface area contributed by atoms with Gasteiger partial charge in [-0.25, -0.2) is 0 Å². The normalized spacial score (nSPS) is 11.7. The van der Waals surface area contributed by atoms with Gasteiger partial charge >= 0.3 is 0 Å². The van der Waals surface area contributed by atoms with Gasteiger partial charge in [-0.2, -0.15) is 0 Å². The van der Waals surface area contributed by atoms with Crippen molar-refractivity contribution in [3.05, 3.63) is 0 Å². The van der Waals surface area contributed by atoms with Gasteiger partial charge in [0.2, 0.25) is 0 Å². The third-order valence-electron chi connectivity index (χ3n) is 7.43. The molecule has 0 aliphatic rings. The zero-order chi connectivity index (χ0) is 33.3. The van der Waals surface area contributed by atoms with Gasteiger partial charge in [-0.1, -0.05) is 103 Å². The summed E-state index contributed by atoms with van der Waals surface area (Å²) in [5.74, 6) is 0. The Hall–Kier alpha value is -0.360. The first-order chi connectivity index (χ1) is 22.8. The molecule has 0 N–H and O–H groups in total. The van der Waals surface area contributed by atoms with Crippen molar-refractivity contribution < 1.29 is 42.6 Å². The fourth-order valence-electron chi connectivity index (χ4n) is 4.74. The average molecular weight is 665 g/mol. The Kier molecular flexibility index (Phi) is 42.3. The number of ether oxygens (including phenoxy) is 9. The lowest BCUT2D eigenvalue weighted by atomic mass is 10.0. The molecule has 0 bridgehead atoms. The highest BCUT2D eigenvalue weighted by molar-refractivity contribution is 4.50. The van der Waals surface area contributed by atoms with E-state index in [-0.39, 0.29) is 6.10 Å². The van der Waals surface area contributed by atoms with Crippen molar-refractivity contribution in [2.24, 2.45) is 0 Å². The van der Waals surface area contributed by atoms with Crippen LogP contribution in [0.25, 0.3) is 0 Å². The highest BCUT2D eigenvalue weighted by atomic mass is 16.6. The first-order valence-corrected chi connectivity index (χ1v) is 19.0. The monoisotopic (exact) mass is 665 g/mol. The van der Waals surface area contributed by atoms with Crippen LogP contribution in [0, 0.1) is 0 Å². The molecule has 0 aromatic carbocycles. The highest BCUT2D eigenvalue weighted by Crippen LogP contribution is 2.13. The van der Waals surface area contributed by atoms with E-state index in [1.165, 1.54) is 96.3 Å². The molecule has 9 nitrogen and oxygen atoms in total. The predicted octanol–water partition coefficient (Wildman–Crippen LogP) is 7.81. The minimum absolute atomic E-state index is 0.239. The van der Waals surface area contributed by atoms with Gasteiger partial charge in [0.05, 0.1) is 112 Å². The Labute approximate surface area is 284 Å². The van der Waals surface area contributed by atoms with Gasteiger partial charge in [0.25, 0.3) is 0 Å². The largest absolute Gasteiger partial charge is 0.379 e. The summed E-state index contributed by atoms with van der Waals surface area (Å²) in [5, 5.41) is 0. The fraction of sp³-hybridized carbons (Fsp3) is 1.00.